The molecule has 2 heterocycles. The molecule has 0 N–H and O–H groups in total. The highest BCUT2D eigenvalue weighted by molar-refractivity contribution is 5.82. The number of nitrogens with zero attached hydrogens (tertiary/aromatic N) is 4. The zero-order chi connectivity index (χ0) is 20.5. The van der Waals surface area contributed by atoms with Crippen molar-refractivity contribution in [3.63, 3.8) is 0 Å². The van der Waals surface area contributed by atoms with Crippen molar-refractivity contribution in [1.29, 1.82) is 5.26 Å². The molecule has 0 saturated heterocycles. The Bertz CT molecular complexity index is 1310. The van der Waals surface area contributed by atoms with E-state index in [1.54, 1.807) is 37.8 Å². The van der Waals surface area contributed by atoms with Crippen molar-refractivity contribution in [2.75, 3.05) is 0 Å². The Morgan fingerprint density at radius 2 is 1.79 bits per heavy atom. The van der Waals surface area contributed by atoms with E-state index in [1.165, 1.54) is 21.4 Å². The molecule has 6 heteroatoms. The van der Waals surface area contributed by atoms with Crippen molar-refractivity contribution in [3.8, 4) is 34.0 Å². The highest BCUT2D eigenvalue weighted by Crippen LogP contribution is 2.31. The standard InChI is InChI=1S/C23H17FN4O/c1-15-6-8-16(9-7-15)18-10-23(29)27(2)14-20(18)17-12-26-28(13-17)22-5-3-4-21(24)19(22)11-25/h3-10,12-14H,1-2H3. The van der Waals surface area contributed by atoms with Crippen LogP contribution in [0.15, 0.2) is 71.9 Å². The smallest absolute Gasteiger partial charge is 0.250 e. The first-order valence-electron chi connectivity index (χ1n) is 8.99. The minimum atomic E-state index is -0.593. The van der Waals surface area contributed by atoms with Gasteiger partial charge < -0.3 is 4.57 Å². The summed E-state index contributed by atoms with van der Waals surface area (Å²) in [5.41, 5.74) is 4.57. The van der Waals surface area contributed by atoms with E-state index in [0.29, 0.717) is 5.69 Å². The average Bonchev–Trinajstić information content (AvgIpc) is 3.20. The van der Waals surface area contributed by atoms with E-state index in [0.717, 1.165) is 27.8 Å². The summed E-state index contributed by atoms with van der Waals surface area (Å²) >= 11 is 0. The highest BCUT2D eigenvalue weighted by Gasteiger charge is 2.15. The van der Waals surface area contributed by atoms with Gasteiger partial charge in [-0.25, -0.2) is 9.07 Å². The third kappa shape index (κ3) is 3.34. The molecule has 0 aliphatic rings. The predicted octanol–water partition coefficient (Wildman–Crippen LogP) is 4.22. The number of benzene rings is 2. The Kier molecular flexibility index (Phi) is 4.57. The van der Waals surface area contributed by atoms with E-state index in [4.69, 9.17) is 0 Å². The summed E-state index contributed by atoms with van der Waals surface area (Å²) in [6, 6.07) is 15.8. The second-order valence-corrected chi connectivity index (χ2v) is 6.84. The first-order valence-corrected chi connectivity index (χ1v) is 8.99. The van der Waals surface area contributed by atoms with Crippen molar-refractivity contribution < 1.29 is 4.39 Å². The summed E-state index contributed by atoms with van der Waals surface area (Å²) in [4.78, 5) is 12.3. The van der Waals surface area contributed by atoms with Crippen molar-refractivity contribution in [1.82, 2.24) is 14.3 Å². The zero-order valence-electron chi connectivity index (χ0n) is 15.9. The minimum Gasteiger partial charge on any atom is -0.318 e. The van der Waals surface area contributed by atoms with E-state index < -0.39 is 5.82 Å². The molecule has 0 radical (unpaired) electrons. The topological polar surface area (TPSA) is 63.6 Å². The SMILES string of the molecule is Cc1ccc(-c2cc(=O)n(C)cc2-c2cnn(-c3cccc(F)c3C#N)c2)cc1. The van der Waals surface area contributed by atoms with Gasteiger partial charge in [0.2, 0.25) is 0 Å². The van der Waals surface area contributed by atoms with Crippen LogP contribution in [0.25, 0.3) is 27.9 Å². The Hall–Kier alpha value is -3.98. The molecular weight excluding hydrogens is 367 g/mol. The maximum absolute atomic E-state index is 14.0. The van der Waals surface area contributed by atoms with Gasteiger partial charge in [0.05, 0.1) is 11.9 Å². The fourth-order valence-corrected chi connectivity index (χ4v) is 3.24. The molecule has 4 aromatic rings. The lowest BCUT2D eigenvalue weighted by Gasteiger charge is -2.11. The molecule has 5 nitrogen and oxygen atoms in total. The number of nitriles is 1. The first kappa shape index (κ1) is 18.4. The lowest BCUT2D eigenvalue weighted by atomic mass is 9.97. The van der Waals surface area contributed by atoms with E-state index in [9.17, 15) is 14.4 Å². The third-order valence-corrected chi connectivity index (χ3v) is 4.83. The molecule has 0 unspecified atom stereocenters. The summed E-state index contributed by atoms with van der Waals surface area (Å²) in [5.74, 6) is -0.593. The average molecular weight is 384 g/mol. The van der Waals surface area contributed by atoms with Crippen LogP contribution in [0.5, 0.6) is 0 Å². The number of halogens is 1. The maximum Gasteiger partial charge on any atom is 0.250 e. The molecule has 0 bridgehead atoms. The van der Waals surface area contributed by atoms with Gasteiger partial charge >= 0.3 is 0 Å². The molecule has 0 fully saturated rings. The van der Waals surface area contributed by atoms with Gasteiger partial charge in [0.25, 0.3) is 5.56 Å². The van der Waals surface area contributed by atoms with Gasteiger partial charge in [-0.15, -0.1) is 0 Å². The van der Waals surface area contributed by atoms with Crippen LogP contribution in [-0.2, 0) is 7.05 Å². The number of hydrogen-bond donors (Lipinski definition) is 0. The zero-order valence-corrected chi connectivity index (χ0v) is 15.9. The van der Waals surface area contributed by atoms with Crippen molar-refractivity contribution >= 4 is 0 Å². The molecule has 142 valence electrons. The van der Waals surface area contributed by atoms with Crippen molar-refractivity contribution in [2.45, 2.75) is 6.92 Å². The third-order valence-electron chi connectivity index (χ3n) is 4.83. The van der Waals surface area contributed by atoms with Crippen LogP contribution in [0.3, 0.4) is 0 Å². The van der Waals surface area contributed by atoms with Crippen LogP contribution in [0.1, 0.15) is 11.1 Å². The Labute approximate surface area is 166 Å². The van der Waals surface area contributed by atoms with Crippen LogP contribution < -0.4 is 5.56 Å². The number of rotatable bonds is 3. The lowest BCUT2D eigenvalue weighted by molar-refractivity contribution is 0.621. The Morgan fingerprint density at radius 3 is 2.52 bits per heavy atom. The number of aryl methyl sites for hydroxylation is 2. The lowest BCUT2D eigenvalue weighted by Crippen LogP contribution is -2.15. The fourth-order valence-electron chi connectivity index (χ4n) is 3.24. The predicted molar refractivity (Wildman–Crippen MR) is 109 cm³/mol. The molecule has 0 aliphatic heterocycles. The summed E-state index contributed by atoms with van der Waals surface area (Å²) in [6.45, 7) is 2.00. The van der Waals surface area contributed by atoms with Crippen molar-refractivity contribution in [2.24, 2.45) is 7.05 Å². The van der Waals surface area contributed by atoms with Gasteiger partial charge in [-0.2, -0.15) is 10.4 Å². The van der Waals surface area contributed by atoms with Crippen LogP contribution in [0.4, 0.5) is 4.39 Å². The first-order chi connectivity index (χ1) is 14.0. The normalized spacial score (nSPS) is 10.7. The number of pyridine rings is 1. The van der Waals surface area contributed by atoms with E-state index in [-0.39, 0.29) is 11.1 Å². The molecular formula is C23H17FN4O. The number of hydrogen-bond acceptors (Lipinski definition) is 3. The molecule has 0 atom stereocenters. The van der Waals surface area contributed by atoms with Crippen LogP contribution in [0, 0.1) is 24.1 Å². The number of aromatic nitrogens is 3. The van der Waals surface area contributed by atoms with Gasteiger partial charge in [0.1, 0.15) is 17.4 Å². The maximum atomic E-state index is 14.0. The quantitative estimate of drug-likeness (QED) is 0.531. The molecule has 0 saturated carbocycles. The molecule has 2 aromatic carbocycles. The molecule has 0 spiro atoms. The van der Waals surface area contributed by atoms with Crippen LogP contribution >= 0.6 is 0 Å². The summed E-state index contributed by atoms with van der Waals surface area (Å²) in [7, 11) is 1.69. The monoisotopic (exact) mass is 384 g/mol. The van der Waals surface area contributed by atoms with Gasteiger partial charge in [-0.3, -0.25) is 4.79 Å². The van der Waals surface area contributed by atoms with Gasteiger partial charge in [0, 0.05) is 36.6 Å². The van der Waals surface area contributed by atoms with E-state index >= 15 is 0 Å². The van der Waals surface area contributed by atoms with Crippen LogP contribution in [0.2, 0.25) is 0 Å². The highest BCUT2D eigenvalue weighted by atomic mass is 19.1. The van der Waals surface area contributed by atoms with Gasteiger partial charge in [-0.05, 0) is 30.2 Å². The summed E-state index contributed by atoms with van der Waals surface area (Å²) in [5, 5.41) is 13.6. The molecule has 0 amide bonds. The summed E-state index contributed by atoms with van der Waals surface area (Å²) in [6.07, 6.45) is 5.13. The Balaban J connectivity index is 1.88. The molecule has 4 rings (SSSR count). The van der Waals surface area contributed by atoms with E-state index in [2.05, 4.69) is 5.10 Å². The second kappa shape index (κ2) is 7.21. The van der Waals surface area contributed by atoms with Gasteiger partial charge in [-0.1, -0.05) is 35.9 Å². The Morgan fingerprint density at radius 1 is 1.03 bits per heavy atom. The minimum absolute atomic E-state index is 0.0682. The van der Waals surface area contributed by atoms with E-state index in [1.807, 2.05) is 37.3 Å². The molecule has 0 aliphatic carbocycles. The summed E-state index contributed by atoms with van der Waals surface area (Å²) < 4.78 is 17.0. The largest absolute Gasteiger partial charge is 0.318 e. The van der Waals surface area contributed by atoms with Gasteiger partial charge in [0.15, 0.2) is 0 Å². The fraction of sp³-hybridized carbons (Fsp3) is 0.0870. The molecule has 29 heavy (non-hydrogen) atoms. The van der Waals surface area contributed by atoms with Crippen LogP contribution in [-0.4, -0.2) is 14.3 Å². The second-order valence-electron chi connectivity index (χ2n) is 6.84. The van der Waals surface area contributed by atoms with Crippen molar-refractivity contribution in [3.05, 3.63) is 94.4 Å². The molecule has 2 aromatic heterocycles.